The van der Waals surface area contributed by atoms with Gasteiger partial charge in [0.05, 0.1) is 5.52 Å². The van der Waals surface area contributed by atoms with Gasteiger partial charge in [-0.05, 0) is 36.4 Å². The van der Waals surface area contributed by atoms with Crippen molar-refractivity contribution in [1.82, 2.24) is 15.0 Å². The number of fused-ring (bicyclic) bond motifs is 2. The molecule has 28 heavy (non-hydrogen) atoms. The Bertz CT molecular complexity index is 1180. The Labute approximate surface area is 160 Å². The normalized spacial score (nSPS) is 12.1. The highest BCUT2D eigenvalue weighted by Crippen LogP contribution is 2.36. The van der Waals surface area contributed by atoms with Crippen LogP contribution in [0.1, 0.15) is 0 Å². The lowest BCUT2D eigenvalue weighted by atomic mass is 10.2. The molecular formula is C20H16N6O2. The lowest BCUT2D eigenvalue weighted by molar-refractivity contribution is 0.174. The second kappa shape index (κ2) is 6.58. The van der Waals surface area contributed by atoms with Crippen LogP contribution >= 0.6 is 0 Å². The Balaban J connectivity index is 1.45. The molecule has 0 radical (unpaired) electrons. The van der Waals surface area contributed by atoms with E-state index < -0.39 is 0 Å². The zero-order chi connectivity index (χ0) is 18.9. The van der Waals surface area contributed by atoms with Crippen LogP contribution in [0.15, 0.2) is 61.1 Å². The molecule has 0 fully saturated rings. The number of nitrogens with zero attached hydrogens (tertiary/aromatic N) is 3. The highest BCUT2D eigenvalue weighted by molar-refractivity contribution is 5.94. The quantitative estimate of drug-likeness (QED) is 0.496. The molecule has 1 aliphatic heterocycles. The van der Waals surface area contributed by atoms with Gasteiger partial charge in [-0.3, -0.25) is 4.98 Å². The van der Waals surface area contributed by atoms with E-state index in [4.69, 9.17) is 15.2 Å². The molecule has 2 aromatic carbocycles. The van der Waals surface area contributed by atoms with Gasteiger partial charge in [0, 0.05) is 29.0 Å². The van der Waals surface area contributed by atoms with Gasteiger partial charge in [0.2, 0.25) is 6.79 Å². The largest absolute Gasteiger partial charge is 0.454 e. The maximum Gasteiger partial charge on any atom is 0.231 e. The van der Waals surface area contributed by atoms with Crippen LogP contribution in [0.4, 0.5) is 28.7 Å². The third-order valence-electron chi connectivity index (χ3n) is 4.42. The van der Waals surface area contributed by atoms with E-state index in [1.54, 1.807) is 6.20 Å². The molecule has 8 nitrogen and oxygen atoms in total. The molecule has 0 unspecified atom stereocenters. The van der Waals surface area contributed by atoms with Gasteiger partial charge in [-0.25, -0.2) is 9.97 Å². The van der Waals surface area contributed by atoms with Crippen LogP contribution in [-0.4, -0.2) is 21.7 Å². The summed E-state index contributed by atoms with van der Waals surface area (Å²) in [6.07, 6.45) is 3.22. The topological polar surface area (TPSA) is 107 Å². The molecule has 4 N–H and O–H groups in total. The van der Waals surface area contributed by atoms with E-state index in [2.05, 4.69) is 25.6 Å². The summed E-state index contributed by atoms with van der Waals surface area (Å²) in [7, 11) is 0. The summed E-state index contributed by atoms with van der Waals surface area (Å²) in [4.78, 5) is 12.9. The zero-order valence-corrected chi connectivity index (χ0v) is 14.7. The molecule has 0 spiro atoms. The van der Waals surface area contributed by atoms with Crippen molar-refractivity contribution in [3.8, 4) is 11.5 Å². The van der Waals surface area contributed by atoms with Gasteiger partial charge >= 0.3 is 0 Å². The zero-order valence-electron chi connectivity index (χ0n) is 14.7. The van der Waals surface area contributed by atoms with Crippen LogP contribution in [0.2, 0.25) is 0 Å². The predicted molar refractivity (Wildman–Crippen MR) is 107 cm³/mol. The SMILES string of the molecule is Nc1c(Nc2ccc3c(c2)OCO3)ncnc1Nc1cccc2ncccc12. The average Bonchev–Trinajstić information content (AvgIpc) is 3.19. The standard InChI is InChI=1S/C20H16N6O2/c21-18-19(25-12-6-7-16-17(9-12)28-11-27-16)23-10-24-20(18)26-15-5-1-4-14-13(15)3-2-8-22-14/h1-10H,11,21H2,(H2,23,24,25,26). The summed E-state index contributed by atoms with van der Waals surface area (Å²) in [6.45, 7) is 0.225. The molecule has 2 aromatic heterocycles. The maximum atomic E-state index is 6.31. The average molecular weight is 372 g/mol. The molecule has 0 saturated carbocycles. The molecule has 0 bridgehead atoms. The monoisotopic (exact) mass is 372 g/mol. The number of pyridine rings is 1. The number of anilines is 5. The first kappa shape index (κ1) is 16.1. The fourth-order valence-corrected chi connectivity index (χ4v) is 3.05. The van der Waals surface area contributed by atoms with E-state index in [1.165, 1.54) is 6.33 Å². The van der Waals surface area contributed by atoms with Crippen molar-refractivity contribution < 1.29 is 9.47 Å². The first-order valence-electron chi connectivity index (χ1n) is 8.66. The summed E-state index contributed by atoms with van der Waals surface area (Å²) in [5, 5.41) is 7.46. The minimum atomic E-state index is 0.225. The number of hydrogen-bond acceptors (Lipinski definition) is 8. The van der Waals surface area contributed by atoms with Crippen LogP contribution in [0.5, 0.6) is 11.5 Å². The van der Waals surface area contributed by atoms with Gasteiger partial charge in [0.15, 0.2) is 23.1 Å². The fourth-order valence-electron chi connectivity index (χ4n) is 3.05. The van der Waals surface area contributed by atoms with E-state index in [1.807, 2.05) is 48.5 Å². The summed E-state index contributed by atoms with van der Waals surface area (Å²) in [5.41, 5.74) is 9.26. The summed E-state index contributed by atoms with van der Waals surface area (Å²) in [6, 6.07) is 15.3. The predicted octanol–water partition coefficient (Wildman–Crippen LogP) is 3.82. The van der Waals surface area contributed by atoms with Crippen molar-refractivity contribution in [2.75, 3.05) is 23.2 Å². The number of hydrogen-bond donors (Lipinski definition) is 3. The first-order chi connectivity index (χ1) is 13.8. The van der Waals surface area contributed by atoms with Gasteiger partial charge < -0.3 is 25.8 Å². The van der Waals surface area contributed by atoms with Gasteiger partial charge in [0.1, 0.15) is 12.0 Å². The number of ether oxygens (including phenoxy) is 2. The number of benzene rings is 2. The number of nitrogens with one attached hydrogen (secondary N) is 2. The minimum absolute atomic E-state index is 0.225. The van der Waals surface area contributed by atoms with Gasteiger partial charge in [0.25, 0.3) is 0 Å². The van der Waals surface area contributed by atoms with Crippen LogP contribution in [0, 0.1) is 0 Å². The molecule has 8 heteroatoms. The molecule has 1 aliphatic rings. The maximum absolute atomic E-state index is 6.31. The smallest absolute Gasteiger partial charge is 0.231 e. The minimum Gasteiger partial charge on any atom is -0.454 e. The molecule has 0 amide bonds. The lowest BCUT2D eigenvalue weighted by Gasteiger charge is -2.14. The number of aromatic nitrogens is 3. The third kappa shape index (κ3) is 2.86. The Kier molecular flexibility index (Phi) is 3.79. The van der Waals surface area contributed by atoms with Crippen molar-refractivity contribution in [2.24, 2.45) is 0 Å². The van der Waals surface area contributed by atoms with E-state index in [-0.39, 0.29) is 6.79 Å². The second-order valence-corrected chi connectivity index (χ2v) is 6.18. The Morgan fingerprint density at radius 2 is 1.71 bits per heavy atom. The Hall–Kier alpha value is -4.07. The fraction of sp³-hybridized carbons (Fsp3) is 0.0500. The van der Waals surface area contributed by atoms with Gasteiger partial charge in [-0.2, -0.15) is 0 Å². The third-order valence-corrected chi connectivity index (χ3v) is 4.42. The molecule has 138 valence electrons. The van der Waals surface area contributed by atoms with Crippen molar-refractivity contribution in [1.29, 1.82) is 0 Å². The number of nitrogens with two attached hydrogens (primary N) is 1. The van der Waals surface area contributed by atoms with Crippen molar-refractivity contribution in [3.63, 3.8) is 0 Å². The molecule has 0 aliphatic carbocycles. The molecule has 3 heterocycles. The molecule has 5 rings (SSSR count). The van der Waals surface area contributed by atoms with Crippen molar-refractivity contribution in [2.45, 2.75) is 0 Å². The van der Waals surface area contributed by atoms with E-state index in [9.17, 15) is 0 Å². The van der Waals surface area contributed by atoms with Crippen LogP contribution < -0.4 is 25.8 Å². The summed E-state index contributed by atoms with van der Waals surface area (Å²) >= 11 is 0. The van der Waals surface area contributed by atoms with Crippen LogP contribution in [-0.2, 0) is 0 Å². The second-order valence-electron chi connectivity index (χ2n) is 6.18. The van der Waals surface area contributed by atoms with E-state index in [0.29, 0.717) is 28.8 Å². The molecule has 4 aromatic rings. The number of rotatable bonds is 4. The summed E-state index contributed by atoms with van der Waals surface area (Å²) in [5.74, 6) is 2.40. The molecular weight excluding hydrogens is 356 g/mol. The molecule has 0 saturated heterocycles. The van der Waals surface area contributed by atoms with Gasteiger partial charge in [-0.1, -0.05) is 6.07 Å². The highest BCUT2D eigenvalue weighted by atomic mass is 16.7. The Morgan fingerprint density at radius 1 is 0.857 bits per heavy atom. The van der Waals surface area contributed by atoms with E-state index in [0.717, 1.165) is 22.3 Å². The Morgan fingerprint density at radius 3 is 2.64 bits per heavy atom. The molecule has 0 atom stereocenters. The highest BCUT2D eigenvalue weighted by Gasteiger charge is 2.15. The van der Waals surface area contributed by atoms with Gasteiger partial charge in [-0.15, -0.1) is 0 Å². The van der Waals surface area contributed by atoms with Crippen LogP contribution in [0.25, 0.3) is 10.9 Å². The van der Waals surface area contributed by atoms with Crippen molar-refractivity contribution >= 4 is 39.6 Å². The van der Waals surface area contributed by atoms with Crippen LogP contribution in [0.3, 0.4) is 0 Å². The lowest BCUT2D eigenvalue weighted by Crippen LogP contribution is -2.05. The first-order valence-corrected chi connectivity index (χ1v) is 8.66. The summed E-state index contributed by atoms with van der Waals surface area (Å²) < 4.78 is 10.7. The van der Waals surface area contributed by atoms with E-state index >= 15 is 0 Å². The van der Waals surface area contributed by atoms with Crippen molar-refractivity contribution in [3.05, 3.63) is 61.1 Å². The number of nitrogen functional groups attached to an aromatic ring is 1.